The molecule has 0 amide bonds. The molecule has 0 saturated carbocycles. The Morgan fingerprint density at radius 2 is 2.30 bits per heavy atom. The van der Waals surface area contributed by atoms with Crippen LogP contribution in [0.5, 0.6) is 0 Å². The fourth-order valence-corrected chi connectivity index (χ4v) is 0.957. The molecule has 0 aliphatic carbocycles. The summed E-state index contributed by atoms with van der Waals surface area (Å²) in [5.41, 5.74) is 5.52. The Balaban J connectivity index is 3.39. The Morgan fingerprint density at radius 1 is 1.70 bits per heavy atom. The fraction of sp³-hybridized carbons (Fsp3) is 1.00. The van der Waals surface area contributed by atoms with E-state index in [1.54, 1.807) is 0 Å². The van der Waals surface area contributed by atoms with Crippen molar-refractivity contribution in [3.8, 4) is 0 Å². The van der Waals surface area contributed by atoms with E-state index in [-0.39, 0.29) is 6.17 Å². The van der Waals surface area contributed by atoms with Gasteiger partial charge in [-0.25, -0.2) is 0 Å². The van der Waals surface area contributed by atoms with Gasteiger partial charge in [0.05, 0.1) is 6.17 Å². The Bertz CT molecular complexity index is 80.1. The van der Waals surface area contributed by atoms with E-state index in [1.807, 2.05) is 6.92 Å². The molecule has 0 bridgehead atoms. The second-order valence-corrected chi connectivity index (χ2v) is 2.66. The third-order valence-corrected chi connectivity index (χ3v) is 1.44. The van der Waals surface area contributed by atoms with Crippen molar-refractivity contribution in [2.75, 3.05) is 6.61 Å². The van der Waals surface area contributed by atoms with Crippen molar-refractivity contribution in [3.05, 3.63) is 0 Å². The summed E-state index contributed by atoms with van der Waals surface area (Å²) < 4.78 is 4.78. The van der Waals surface area contributed by atoms with Gasteiger partial charge in [-0.1, -0.05) is 6.92 Å². The van der Waals surface area contributed by atoms with Gasteiger partial charge < -0.3 is 10.2 Å². The molecule has 3 radical (unpaired) electrons. The summed E-state index contributed by atoms with van der Waals surface area (Å²) in [6.45, 7) is 4.65. The maximum atomic E-state index is 5.52. The van der Waals surface area contributed by atoms with Crippen LogP contribution in [0.25, 0.3) is 0 Å². The van der Waals surface area contributed by atoms with Gasteiger partial charge in [-0.05, 0) is 13.3 Å². The minimum Gasteiger partial charge on any atom is -0.417 e. The average molecular weight is 159 g/mol. The first-order valence-electron chi connectivity index (χ1n) is 3.50. The lowest BCUT2D eigenvalue weighted by Gasteiger charge is -2.18. The van der Waals surface area contributed by atoms with Crippen LogP contribution in [0.1, 0.15) is 20.3 Å². The van der Waals surface area contributed by atoms with Crippen molar-refractivity contribution < 1.29 is 4.43 Å². The Kier molecular flexibility index (Phi) is 5.91. The van der Waals surface area contributed by atoms with Crippen LogP contribution >= 0.6 is 0 Å². The van der Waals surface area contributed by atoms with Crippen LogP contribution < -0.4 is 11.1 Å². The topological polar surface area (TPSA) is 47.3 Å². The van der Waals surface area contributed by atoms with Gasteiger partial charge in [0.2, 0.25) is 10.5 Å². The Morgan fingerprint density at radius 3 is 2.60 bits per heavy atom. The van der Waals surface area contributed by atoms with E-state index < -0.39 is 0 Å². The molecule has 0 rings (SSSR count). The van der Waals surface area contributed by atoms with Gasteiger partial charge in [-0.2, -0.15) is 0 Å². The highest BCUT2D eigenvalue weighted by molar-refractivity contribution is 5.97. The SMILES string of the molecule is CCC(CO[Si])NC(C)N. The number of nitrogens with one attached hydrogen (secondary N) is 1. The fourth-order valence-electron chi connectivity index (χ4n) is 0.756. The summed E-state index contributed by atoms with van der Waals surface area (Å²) in [6, 6.07) is 0.345. The van der Waals surface area contributed by atoms with Crippen LogP contribution in [0.15, 0.2) is 0 Å². The standard InChI is InChI=1S/C6H15N2OSi/c1-3-6(4-9-10)8-5(2)7/h5-6,8H,3-4,7H2,1-2H3. The maximum absolute atomic E-state index is 5.52. The lowest BCUT2D eigenvalue weighted by Crippen LogP contribution is -2.43. The van der Waals surface area contributed by atoms with E-state index in [1.165, 1.54) is 0 Å². The van der Waals surface area contributed by atoms with Crippen LogP contribution in [-0.4, -0.2) is 29.3 Å². The van der Waals surface area contributed by atoms with Gasteiger partial charge in [0.15, 0.2) is 0 Å². The van der Waals surface area contributed by atoms with Gasteiger partial charge in [-0.3, -0.25) is 5.32 Å². The zero-order chi connectivity index (χ0) is 7.98. The van der Waals surface area contributed by atoms with Gasteiger partial charge in [0.25, 0.3) is 0 Å². The highest BCUT2D eigenvalue weighted by Crippen LogP contribution is 1.90. The molecular weight excluding hydrogens is 144 g/mol. The lowest BCUT2D eigenvalue weighted by atomic mass is 10.2. The molecule has 3 N–H and O–H groups in total. The molecule has 0 aromatic carbocycles. The van der Waals surface area contributed by atoms with Crippen molar-refractivity contribution in [2.24, 2.45) is 5.73 Å². The monoisotopic (exact) mass is 159 g/mol. The molecule has 2 atom stereocenters. The molecule has 0 saturated heterocycles. The maximum Gasteiger partial charge on any atom is 0.246 e. The van der Waals surface area contributed by atoms with Crippen LogP contribution in [0.3, 0.4) is 0 Å². The van der Waals surface area contributed by atoms with Crippen molar-refractivity contribution in [1.82, 2.24) is 5.32 Å². The zero-order valence-electron chi connectivity index (χ0n) is 6.55. The van der Waals surface area contributed by atoms with E-state index in [0.717, 1.165) is 6.42 Å². The van der Waals surface area contributed by atoms with Gasteiger partial charge in [0.1, 0.15) is 0 Å². The van der Waals surface area contributed by atoms with Crippen LogP contribution in [-0.2, 0) is 4.43 Å². The number of hydrogen-bond donors (Lipinski definition) is 2. The third kappa shape index (κ3) is 4.93. The molecule has 3 nitrogen and oxygen atoms in total. The second-order valence-electron chi connectivity index (χ2n) is 2.37. The molecule has 4 heteroatoms. The zero-order valence-corrected chi connectivity index (χ0v) is 7.55. The molecule has 10 heavy (non-hydrogen) atoms. The lowest BCUT2D eigenvalue weighted by molar-refractivity contribution is 0.269. The van der Waals surface area contributed by atoms with E-state index >= 15 is 0 Å². The normalized spacial score (nSPS) is 16.8. The van der Waals surface area contributed by atoms with Gasteiger partial charge in [0, 0.05) is 12.6 Å². The third-order valence-electron chi connectivity index (χ3n) is 1.28. The van der Waals surface area contributed by atoms with Crippen molar-refractivity contribution in [3.63, 3.8) is 0 Å². The number of nitrogens with two attached hydrogens (primary N) is 1. The second kappa shape index (κ2) is 5.85. The van der Waals surface area contributed by atoms with E-state index in [2.05, 4.69) is 22.7 Å². The first kappa shape index (κ1) is 10.1. The summed E-state index contributed by atoms with van der Waals surface area (Å²) in [6.07, 6.45) is 1.05. The van der Waals surface area contributed by atoms with Gasteiger partial charge in [-0.15, -0.1) is 0 Å². The molecule has 2 unspecified atom stereocenters. The summed E-state index contributed by atoms with van der Waals surface area (Å²) in [4.78, 5) is 0. The van der Waals surface area contributed by atoms with Crippen molar-refractivity contribution >= 4 is 10.5 Å². The number of rotatable bonds is 5. The number of hydrogen-bond acceptors (Lipinski definition) is 3. The molecular formula is C6H15N2OSi. The average Bonchev–Trinajstić information content (AvgIpc) is 1.86. The van der Waals surface area contributed by atoms with E-state index in [0.29, 0.717) is 12.6 Å². The minimum absolute atomic E-state index is 0.0340. The highest BCUT2D eigenvalue weighted by atomic mass is 28.2. The molecule has 59 valence electrons. The predicted molar refractivity (Wildman–Crippen MR) is 42.6 cm³/mol. The minimum atomic E-state index is 0.0340. The van der Waals surface area contributed by atoms with Crippen LogP contribution in [0.2, 0.25) is 0 Å². The van der Waals surface area contributed by atoms with Crippen molar-refractivity contribution in [2.45, 2.75) is 32.5 Å². The Labute approximate surface area is 65.9 Å². The van der Waals surface area contributed by atoms with E-state index in [4.69, 9.17) is 10.2 Å². The molecule has 0 aliphatic heterocycles. The largest absolute Gasteiger partial charge is 0.417 e. The summed E-state index contributed by atoms with van der Waals surface area (Å²) >= 11 is 0. The molecule has 0 aliphatic rings. The van der Waals surface area contributed by atoms with Gasteiger partial charge >= 0.3 is 0 Å². The Hall–Kier alpha value is 0.0969. The molecule has 0 fully saturated rings. The first-order chi connectivity index (χ1) is 4.70. The molecule has 0 aromatic rings. The van der Waals surface area contributed by atoms with Crippen molar-refractivity contribution in [1.29, 1.82) is 0 Å². The molecule has 0 heterocycles. The van der Waals surface area contributed by atoms with E-state index in [9.17, 15) is 0 Å². The molecule has 0 aromatic heterocycles. The highest BCUT2D eigenvalue weighted by Gasteiger charge is 2.05. The summed E-state index contributed by atoms with van der Waals surface area (Å²) in [7, 11) is 2.94. The predicted octanol–water partition coefficient (Wildman–Crippen LogP) is -0.241. The smallest absolute Gasteiger partial charge is 0.246 e. The first-order valence-corrected chi connectivity index (χ1v) is 3.91. The summed E-state index contributed by atoms with van der Waals surface area (Å²) in [5.74, 6) is 0. The molecule has 0 spiro atoms. The van der Waals surface area contributed by atoms with Crippen LogP contribution in [0, 0.1) is 0 Å². The quantitative estimate of drug-likeness (QED) is 0.430. The van der Waals surface area contributed by atoms with Crippen LogP contribution in [0.4, 0.5) is 0 Å². The summed E-state index contributed by atoms with van der Waals surface area (Å²) in [5, 5.41) is 3.15.